The second-order valence-electron chi connectivity index (χ2n) is 7.27. The van der Waals surface area contributed by atoms with E-state index in [1.54, 1.807) is 36.1 Å². The van der Waals surface area contributed by atoms with Crippen LogP contribution in [0, 0.1) is 5.82 Å². The maximum Gasteiger partial charge on any atom is 0.325 e. The van der Waals surface area contributed by atoms with E-state index in [0.29, 0.717) is 31.9 Å². The van der Waals surface area contributed by atoms with Gasteiger partial charge in [-0.05, 0) is 43.3 Å². The number of hydrogen-bond donors (Lipinski definition) is 1. The highest BCUT2D eigenvalue weighted by atomic mass is 19.1. The van der Waals surface area contributed by atoms with Crippen molar-refractivity contribution in [2.45, 2.75) is 12.5 Å². The number of anilines is 1. The second-order valence-corrected chi connectivity index (χ2v) is 7.27. The van der Waals surface area contributed by atoms with Crippen LogP contribution in [0.15, 0.2) is 47.1 Å². The van der Waals surface area contributed by atoms with Crippen molar-refractivity contribution >= 4 is 23.5 Å². The highest BCUT2D eigenvalue weighted by Gasteiger charge is 2.51. The smallest absolute Gasteiger partial charge is 0.325 e. The van der Waals surface area contributed by atoms with Crippen LogP contribution >= 0.6 is 0 Å². The summed E-state index contributed by atoms with van der Waals surface area (Å²) in [5, 5.41) is 2.61. The maximum atomic E-state index is 13.1. The summed E-state index contributed by atoms with van der Waals surface area (Å²) in [5.74, 6) is -0.789. The van der Waals surface area contributed by atoms with Gasteiger partial charge in [-0.25, -0.2) is 9.18 Å². The molecular weight excluding hydrogens is 379 g/mol. The number of hydrogen-bond acceptors (Lipinski definition) is 5. The Bertz CT molecular complexity index is 922. The highest BCUT2D eigenvalue weighted by molar-refractivity contribution is 6.08. The van der Waals surface area contributed by atoms with Crippen LogP contribution in [-0.2, 0) is 15.1 Å². The van der Waals surface area contributed by atoms with Crippen molar-refractivity contribution in [2.75, 3.05) is 37.6 Å². The Kier molecular flexibility index (Phi) is 4.73. The molecule has 4 rings (SSSR count). The molecule has 8 nitrogen and oxygen atoms in total. The average molecular weight is 400 g/mol. The first-order valence-corrected chi connectivity index (χ1v) is 9.35. The van der Waals surface area contributed by atoms with E-state index in [0.717, 1.165) is 10.6 Å². The standard InChI is InChI=1S/C20H21FN4O4/c1-20(16-3-2-12-29-16)18(27)25(19(28)22-20)13-17(26)24-10-8-23(9-11-24)15-6-4-14(21)5-7-15/h2-7,12H,8-11,13H2,1H3,(H,22,28). The molecule has 4 amide bonds. The summed E-state index contributed by atoms with van der Waals surface area (Å²) in [6, 6.07) is 8.84. The zero-order chi connectivity index (χ0) is 20.6. The predicted octanol–water partition coefficient (Wildman–Crippen LogP) is 1.53. The number of piperazine rings is 1. The minimum Gasteiger partial charge on any atom is -0.466 e. The number of urea groups is 1. The molecule has 1 unspecified atom stereocenters. The molecule has 9 heteroatoms. The van der Waals surface area contributed by atoms with Gasteiger partial charge < -0.3 is 19.5 Å². The Morgan fingerprint density at radius 2 is 1.83 bits per heavy atom. The van der Waals surface area contributed by atoms with Gasteiger partial charge in [0.2, 0.25) is 5.91 Å². The van der Waals surface area contributed by atoms with Crippen molar-refractivity contribution in [1.29, 1.82) is 0 Å². The van der Waals surface area contributed by atoms with Crippen molar-refractivity contribution < 1.29 is 23.2 Å². The monoisotopic (exact) mass is 400 g/mol. The van der Waals surface area contributed by atoms with Crippen LogP contribution in [0.25, 0.3) is 0 Å². The molecule has 2 aliphatic rings. The molecule has 2 aliphatic heterocycles. The fraction of sp³-hybridized carbons (Fsp3) is 0.350. The van der Waals surface area contributed by atoms with E-state index in [-0.39, 0.29) is 18.3 Å². The molecule has 0 saturated carbocycles. The third-order valence-corrected chi connectivity index (χ3v) is 5.41. The van der Waals surface area contributed by atoms with E-state index in [4.69, 9.17) is 4.42 Å². The van der Waals surface area contributed by atoms with Crippen LogP contribution in [0.3, 0.4) is 0 Å². The molecule has 1 N–H and O–H groups in total. The number of imide groups is 1. The Labute approximate surface area is 166 Å². The predicted molar refractivity (Wildman–Crippen MR) is 101 cm³/mol. The lowest BCUT2D eigenvalue weighted by Crippen LogP contribution is -2.52. The topological polar surface area (TPSA) is 86.1 Å². The lowest BCUT2D eigenvalue weighted by atomic mass is 9.99. The molecule has 0 aliphatic carbocycles. The normalized spacial score (nSPS) is 22.2. The van der Waals surface area contributed by atoms with Gasteiger partial charge in [-0.2, -0.15) is 0 Å². The maximum absolute atomic E-state index is 13.1. The van der Waals surface area contributed by atoms with Gasteiger partial charge in [0.05, 0.1) is 6.26 Å². The molecule has 1 atom stereocenters. The van der Waals surface area contributed by atoms with E-state index in [2.05, 4.69) is 10.2 Å². The molecule has 0 spiro atoms. The van der Waals surface area contributed by atoms with Crippen LogP contribution in [-0.4, -0.2) is 60.4 Å². The van der Waals surface area contributed by atoms with E-state index >= 15 is 0 Å². The lowest BCUT2D eigenvalue weighted by Gasteiger charge is -2.36. The third kappa shape index (κ3) is 3.43. The summed E-state index contributed by atoms with van der Waals surface area (Å²) in [7, 11) is 0. The number of nitrogens with one attached hydrogen (secondary N) is 1. The number of nitrogens with zero attached hydrogens (tertiary/aromatic N) is 3. The first-order valence-electron chi connectivity index (χ1n) is 9.35. The van der Waals surface area contributed by atoms with Crippen molar-refractivity contribution in [1.82, 2.24) is 15.1 Å². The Hall–Kier alpha value is -3.36. The van der Waals surface area contributed by atoms with Crippen LogP contribution in [0.5, 0.6) is 0 Å². The van der Waals surface area contributed by atoms with Gasteiger partial charge in [-0.15, -0.1) is 0 Å². The van der Waals surface area contributed by atoms with Gasteiger partial charge in [0.1, 0.15) is 18.1 Å². The fourth-order valence-electron chi connectivity index (χ4n) is 3.67. The summed E-state index contributed by atoms with van der Waals surface area (Å²) < 4.78 is 18.4. The van der Waals surface area contributed by atoms with Crippen molar-refractivity contribution in [2.24, 2.45) is 0 Å². The number of carbonyl (C=O) groups is 3. The number of halogens is 1. The van der Waals surface area contributed by atoms with Gasteiger partial charge >= 0.3 is 6.03 Å². The summed E-state index contributed by atoms with van der Waals surface area (Å²) in [5.41, 5.74) is -0.427. The summed E-state index contributed by atoms with van der Waals surface area (Å²) in [6.45, 7) is 3.31. The van der Waals surface area contributed by atoms with Gasteiger partial charge in [0.25, 0.3) is 5.91 Å². The molecular formula is C20H21FN4O4. The van der Waals surface area contributed by atoms with Gasteiger partial charge in [0, 0.05) is 31.9 Å². The third-order valence-electron chi connectivity index (χ3n) is 5.41. The average Bonchev–Trinajstić information content (AvgIpc) is 3.33. The molecule has 0 radical (unpaired) electrons. The van der Waals surface area contributed by atoms with Crippen molar-refractivity contribution in [3.05, 3.63) is 54.2 Å². The summed E-state index contributed by atoms with van der Waals surface area (Å²) in [4.78, 5) is 42.4. The van der Waals surface area contributed by atoms with Crippen LogP contribution in [0.1, 0.15) is 12.7 Å². The lowest BCUT2D eigenvalue weighted by molar-refractivity contribution is -0.139. The molecule has 1 aromatic heterocycles. The van der Waals surface area contributed by atoms with E-state index in [1.165, 1.54) is 18.4 Å². The molecule has 0 bridgehead atoms. The van der Waals surface area contributed by atoms with Crippen molar-refractivity contribution in [3.63, 3.8) is 0 Å². The number of furan rings is 1. The first-order chi connectivity index (χ1) is 13.9. The fourth-order valence-corrected chi connectivity index (χ4v) is 3.67. The molecule has 2 saturated heterocycles. The van der Waals surface area contributed by atoms with Crippen LogP contribution in [0.2, 0.25) is 0 Å². The van der Waals surface area contributed by atoms with Gasteiger partial charge in [-0.1, -0.05) is 0 Å². The zero-order valence-electron chi connectivity index (χ0n) is 15.9. The van der Waals surface area contributed by atoms with Gasteiger partial charge in [-0.3, -0.25) is 14.5 Å². The quantitative estimate of drug-likeness (QED) is 0.787. The molecule has 1 aromatic carbocycles. The van der Waals surface area contributed by atoms with Crippen LogP contribution in [0.4, 0.5) is 14.9 Å². The molecule has 3 heterocycles. The number of carbonyl (C=O) groups excluding carboxylic acids is 3. The van der Waals surface area contributed by atoms with E-state index in [9.17, 15) is 18.8 Å². The minimum absolute atomic E-state index is 0.294. The zero-order valence-corrected chi connectivity index (χ0v) is 15.9. The Morgan fingerprint density at radius 3 is 2.45 bits per heavy atom. The van der Waals surface area contributed by atoms with Crippen LogP contribution < -0.4 is 10.2 Å². The molecule has 2 fully saturated rings. The number of amides is 4. The number of benzene rings is 1. The van der Waals surface area contributed by atoms with Gasteiger partial charge in [0.15, 0.2) is 5.54 Å². The molecule has 29 heavy (non-hydrogen) atoms. The largest absolute Gasteiger partial charge is 0.466 e. The highest BCUT2D eigenvalue weighted by Crippen LogP contribution is 2.29. The number of rotatable bonds is 4. The summed E-state index contributed by atoms with van der Waals surface area (Å²) in [6.07, 6.45) is 1.43. The SMILES string of the molecule is CC1(c2ccco2)NC(=O)N(CC(=O)N2CCN(c3ccc(F)cc3)CC2)C1=O. The molecule has 152 valence electrons. The second kappa shape index (κ2) is 7.23. The Morgan fingerprint density at radius 1 is 1.14 bits per heavy atom. The minimum atomic E-state index is -1.32. The van der Waals surface area contributed by atoms with Crippen molar-refractivity contribution in [3.8, 4) is 0 Å². The first kappa shape index (κ1) is 19.0. The molecule has 2 aromatic rings. The Balaban J connectivity index is 1.37. The summed E-state index contributed by atoms with van der Waals surface area (Å²) >= 11 is 0. The van der Waals surface area contributed by atoms with E-state index in [1.807, 2.05) is 0 Å². The van der Waals surface area contributed by atoms with E-state index < -0.39 is 17.5 Å².